The van der Waals surface area contributed by atoms with Crippen LogP contribution in [0.4, 0.5) is 0 Å². The molecule has 0 bridgehead atoms. The molecule has 19 heavy (non-hydrogen) atoms. The fourth-order valence-electron chi connectivity index (χ4n) is 1.59. The monoisotopic (exact) mass is 291 g/mol. The van der Waals surface area contributed by atoms with Crippen LogP contribution in [0.3, 0.4) is 0 Å². The van der Waals surface area contributed by atoms with Crippen LogP contribution in [0.25, 0.3) is 0 Å². The molecular weight excluding hydrogens is 270 g/mol. The summed E-state index contributed by atoms with van der Waals surface area (Å²) < 4.78 is 11.9. The molecule has 110 valence electrons. The molecule has 7 heteroatoms. The van der Waals surface area contributed by atoms with Crippen LogP contribution in [0, 0.1) is 0 Å². The summed E-state index contributed by atoms with van der Waals surface area (Å²) in [4.78, 5) is 2.04. The van der Waals surface area contributed by atoms with Gasteiger partial charge in [0.25, 0.3) is 0 Å². The van der Waals surface area contributed by atoms with Gasteiger partial charge in [-0.2, -0.15) is 5.10 Å². The molecule has 0 radical (unpaired) electrons. The lowest BCUT2D eigenvalue weighted by molar-refractivity contribution is 0.00929. The molecular formula is C12H22ClN3O3. The van der Waals surface area contributed by atoms with Crippen molar-refractivity contribution in [3.8, 4) is 0 Å². The Balaban J connectivity index is 2.56. The van der Waals surface area contributed by atoms with Crippen molar-refractivity contribution in [2.75, 3.05) is 47.6 Å². The van der Waals surface area contributed by atoms with Crippen molar-refractivity contribution < 1.29 is 14.6 Å². The number of aliphatic hydroxyl groups is 1. The van der Waals surface area contributed by atoms with Gasteiger partial charge in [0.05, 0.1) is 43.3 Å². The van der Waals surface area contributed by atoms with E-state index in [0.717, 1.165) is 6.54 Å². The molecule has 0 amide bonds. The largest absolute Gasteiger partial charge is 0.384 e. The van der Waals surface area contributed by atoms with E-state index in [-0.39, 0.29) is 6.61 Å². The molecule has 1 unspecified atom stereocenters. The van der Waals surface area contributed by atoms with Crippen molar-refractivity contribution in [2.24, 2.45) is 0 Å². The highest BCUT2D eigenvalue weighted by molar-refractivity contribution is 6.31. The van der Waals surface area contributed by atoms with Gasteiger partial charge in [-0.1, -0.05) is 11.6 Å². The van der Waals surface area contributed by atoms with E-state index >= 15 is 0 Å². The second-order valence-corrected chi connectivity index (χ2v) is 4.89. The summed E-state index contributed by atoms with van der Waals surface area (Å²) >= 11 is 6.06. The number of hydrogen-bond donors (Lipinski definition) is 1. The van der Waals surface area contributed by atoms with Gasteiger partial charge in [0.15, 0.2) is 0 Å². The van der Waals surface area contributed by atoms with E-state index in [1.165, 1.54) is 0 Å². The summed E-state index contributed by atoms with van der Waals surface area (Å²) in [6.07, 6.45) is 0.763. The molecule has 1 rings (SSSR count). The molecule has 0 saturated heterocycles. The first-order chi connectivity index (χ1) is 9.06. The molecule has 0 aliphatic carbocycles. The molecule has 1 aromatic rings. The Hall–Kier alpha value is -0.660. The Labute approximate surface area is 118 Å². The SMILES string of the molecule is COCCOCC(O)c1c(Cl)cnn1CCN(C)C. The van der Waals surface area contributed by atoms with Gasteiger partial charge in [-0.05, 0) is 14.1 Å². The first kappa shape index (κ1) is 16.4. The van der Waals surface area contributed by atoms with Gasteiger partial charge < -0.3 is 19.5 Å². The second kappa shape index (κ2) is 8.50. The van der Waals surface area contributed by atoms with Crippen molar-refractivity contribution in [3.63, 3.8) is 0 Å². The van der Waals surface area contributed by atoms with Gasteiger partial charge in [-0.3, -0.25) is 4.68 Å². The van der Waals surface area contributed by atoms with E-state index in [0.29, 0.717) is 30.5 Å². The minimum Gasteiger partial charge on any atom is -0.384 e. The molecule has 0 spiro atoms. The van der Waals surface area contributed by atoms with Gasteiger partial charge in [0.2, 0.25) is 0 Å². The fourth-order valence-corrected chi connectivity index (χ4v) is 1.86. The predicted octanol–water partition coefficient (Wildman–Crippen LogP) is 0.794. The highest BCUT2D eigenvalue weighted by Crippen LogP contribution is 2.22. The van der Waals surface area contributed by atoms with Gasteiger partial charge in [0, 0.05) is 13.7 Å². The Bertz CT molecular complexity index is 371. The molecule has 0 aliphatic heterocycles. The Morgan fingerprint density at radius 3 is 2.84 bits per heavy atom. The van der Waals surface area contributed by atoms with Gasteiger partial charge >= 0.3 is 0 Å². The van der Waals surface area contributed by atoms with E-state index in [9.17, 15) is 5.11 Å². The molecule has 0 fully saturated rings. The van der Waals surface area contributed by atoms with Crippen molar-refractivity contribution in [2.45, 2.75) is 12.6 Å². The van der Waals surface area contributed by atoms with E-state index in [4.69, 9.17) is 21.1 Å². The lowest BCUT2D eigenvalue weighted by Gasteiger charge is -2.16. The highest BCUT2D eigenvalue weighted by atomic mass is 35.5. The normalized spacial score (nSPS) is 13.2. The Morgan fingerprint density at radius 2 is 2.21 bits per heavy atom. The van der Waals surface area contributed by atoms with Crippen LogP contribution < -0.4 is 0 Å². The molecule has 6 nitrogen and oxygen atoms in total. The molecule has 1 heterocycles. The number of hydrogen-bond acceptors (Lipinski definition) is 5. The van der Waals surface area contributed by atoms with E-state index in [2.05, 4.69) is 5.10 Å². The number of rotatable bonds is 9. The topological polar surface area (TPSA) is 59.8 Å². The zero-order valence-corrected chi connectivity index (χ0v) is 12.4. The third kappa shape index (κ3) is 5.46. The minimum absolute atomic E-state index is 0.177. The van der Waals surface area contributed by atoms with Gasteiger partial charge in [-0.15, -0.1) is 0 Å². The quantitative estimate of drug-likeness (QED) is 0.682. The maximum atomic E-state index is 10.1. The van der Waals surface area contributed by atoms with Crippen LogP contribution in [0.15, 0.2) is 6.20 Å². The van der Waals surface area contributed by atoms with Crippen LogP contribution in [-0.2, 0) is 16.0 Å². The van der Waals surface area contributed by atoms with Gasteiger partial charge in [0.1, 0.15) is 6.10 Å². The highest BCUT2D eigenvalue weighted by Gasteiger charge is 2.18. The number of ether oxygens (including phenoxy) is 2. The molecule has 0 aromatic carbocycles. The van der Waals surface area contributed by atoms with Crippen molar-refractivity contribution in [3.05, 3.63) is 16.9 Å². The second-order valence-electron chi connectivity index (χ2n) is 4.49. The lowest BCUT2D eigenvalue weighted by atomic mass is 10.2. The third-order valence-electron chi connectivity index (χ3n) is 2.62. The maximum absolute atomic E-state index is 10.1. The molecule has 1 aromatic heterocycles. The van der Waals surface area contributed by atoms with Crippen LogP contribution in [0.5, 0.6) is 0 Å². The Kier molecular flexibility index (Phi) is 7.33. The van der Waals surface area contributed by atoms with Crippen molar-refractivity contribution >= 4 is 11.6 Å². The molecule has 0 saturated carbocycles. The summed E-state index contributed by atoms with van der Waals surface area (Å²) in [5, 5.41) is 14.7. The molecule has 1 N–H and O–H groups in total. The number of methoxy groups -OCH3 is 1. The first-order valence-electron chi connectivity index (χ1n) is 6.17. The van der Waals surface area contributed by atoms with Crippen LogP contribution in [-0.4, -0.2) is 67.4 Å². The number of aromatic nitrogens is 2. The number of aliphatic hydroxyl groups excluding tert-OH is 1. The number of halogens is 1. The summed E-state index contributed by atoms with van der Waals surface area (Å²) in [6, 6.07) is 0. The fraction of sp³-hybridized carbons (Fsp3) is 0.750. The van der Waals surface area contributed by atoms with Crippen LogP contribution in [0.2, 0.25) is 5.02 Å². The van der Waals surface area contributed by atoms with E-state index < -0.39 is 6.10 Å². The Morgan fingerprint density at radius 1 is 1.47 bits per heavy atom. The average molecular weight is 292 g/mol. The number of nitrogens with zero attached hydrogens (tertiary/aromatic N) is 3. The standard InChI is InChI=1S/C12H22ClN3O3/c1-15(2)4-5-16-12(10(13)8-14-16)11(17)9-19-7-6-18-3/h8,11,17H,4-7,9H2,1-3H3. The smallest absolute Gasteiger partial charge is 0.120 e. The summed E-state index contributed by atoms with van der Waals surface area (Å²) in [7, 11) is 5.57. The van der Waals surface area contributed by atoms with Crippen LogP contribution >= 0.6 is 11.6 Å². The summed E-state index contributed by atoms with van der Waals surface area (Å²) in [5.74, 6) is 0. The third-order valence-corrected chi connectivity index (χ3v) is 2.91. The lowest BCUT2D eigenvalue weighted by Crippen LogP contribution is -2.22. The molecule has 0 aliphatic rings. The van der Waals surface area contributed by atoms with E-state index in [1.54, 1.807) is 18.0 Å². The van der Waals surface area contributed by atoms with Crippen LogP contribution in [0.1, 0.15) is 11.8 Å². The predicted molar refractivity (Wildman–Crippen MR) is 73.4 cm³/mol. The number of likely N-dealkylation sites (N-methyl/N-ethyl adjacent to an activating group) is 1. The van der Waals surface area contributed by atoms with Crippen molar-refractivity contribution in [1.29, 1.82) is 0 Å². The van der Waals surface area contributed by atoms with E-state index in [1.807, 2.05) is 19.0 Å². The summed E-state index contributed by atoms with van der Waals surface area (Å²) in [6.45, 7) is 2.61. The molecule has 1 atom stereocenters. The zero-order valence-electron chi connectivity index (χ0n) is 11.7. The maximum Gasteiger partial charge on any atom is 0.120 e. The zero-order chi connectivity index (χ0) is 14.3. The minimum atomic E-state index is -0.783. The average Bonchev–Trinajstić information content (AvgIpc) is 2.73. The van der Waals surface area contributed by atoms with Gasteiger partial charge in [-0.25, -0.2) is 0 Å². The first-order valence-corrected chi connectivity index (χ1v) is 6.54. The summed E-state index contributed by atoms with van der Waals surface area (Å²) in [5.41, 5.74) is 0.598. The van der Waals surface area contributed by atoms with Crippen molar-refractivity contribution in [1.82, 2.24) is 14.7 Å².